The number of aromatic nitrogens is 1. The molecule has 0 amide bonds. The first-order chi connectivity index (χ1) is 9.98. The molecule has 2 rings (SSSR count). The van der Waals surface area contributed by atoms with Gasteiger partial charge in [0.2, 0.25) is 0 Å². The molecule has 0 saturated heterocycles. The number of thiophene rings is 1. The first-order valence-corrected chi connectivity index (χ1v) is 9.00. The van der Waals surface area contributed by atoms with Gasteiger partial charge >= 0.3 is 0 Å². The summed E-state index contributed by atoms with van der Waals surface area (Å²) in [6.45, 7) is 4.43. The second-order valence-electron chi connectivity index (χ2n) is 4.60. The van der Waals surface area contributed by atoms with Gasteiger partial charge in [0.05, 0.1) is 11.7 Å². The summed E-state index contributed by atoms with van der Waals surface area (Å²) >= 11 is 1.54. The van der Waals surface area contributed by atoms with E-state index in [1.165, 1.54) is 10.5 Å². The average Bonchev–Trinajstić information content (AvgIpc) is 3.00. The Bertz CT molecular complexity index is 684. The van der Waals surface area contributed by atoms with Crippen LogP contribution in [0.4, 0.5) is 5.69 Å². The van der Waals surface area contributed by atoms with Gasteiger partial charge in [0, 0.05) is 24.7 Å². The van der Waals surface area contributed by atoms with Crippen molar-refractivity contribution < 1.29 is 8.42 Å². The van der Waals surface area contributed by atoms with E-state index in [2.05, 4.69) is 10.3 Å². The normalized spacial score (nSPS) is 13.3. The number of hydrogen-bond donors (Lipinski definition) is 1. The molecule has 0 aliphatic heterocycles. The second kappa shape index (κ2) is 6.55. The van der Waals surface area contributed by atoms with E-state index in [-0.39, 0.29) is 11.1 Å². The number of pyridine rings is 1. The van der Waals surface area contributed by atoms with E-state index >= 15 is 0 Å². The maximum absolute atomic E-state index is 12.8. The van der Waals surface area contributed by atoms with E-state index in [9.17, 15) is 8.42 Å². The molecule has 2 aromatic rings. The minimum atomic E-state index is -3.65. The van der Waals surface area contributed by atoms with Crippen LogP contribution in [-0.4, -0.2) is 31.3 Å². The molecule has 0 radical (unpaired) electrons. The monoisotopic (exact) mass is 325 g/mol. The van der Waals surface area contributed by atoms with Crippen LogP contribution in [-0.2, 0) is 10.0 Å². The van der Waals surface area contributed by atoms with Crippen molar-refractivity contribution in [3.8, 4) is 0 Å². The largest absolute Gasteiger partial charge is 0.383 e. The van der Waals surface area contributed by atoms with Crippen LogP contribution >= 0.6 is 11.3 Å². The number of nitrogens with one attached hydrogen (secondary N) is 1. The zero-order valence-electron chi connectivity index (χ0n) is 12.3. The van der Waals surface area contributed by atoms with Gasteiger partial charge in [-0.3, -0.25) is 0 Å². The number of hydrogen-bond acceptors (Lipinski definition) is 5. The highest BCUT2D eigenvalue weighted by Crippen LogP contribution is 2.30. The van der Waals surface area contributed by atoms with E-state index < -0.39 is 10.0 Å². The minimum Gasteiger partial charge on any atom is -0.383 e. The van der Waals surface area contributed by atoms with Gasteiger partial charge in [-0.2, -0.15) is 4.31 Å². The van der Waals surface area contributed by atoms with Crippen molar-refractivity contribution >= 4 is 27.0 Å². The lowest BCUT2D eigenvalue weighted by molar-refractivity contribution is 0.401. The summed E-state index contributed by atoms with van der Waals surface area (Å²) < 4.78 is 26.9. The minimum absolute atomic E-state index is 0.0674. The molecule has 5 nitrogen and oxygen atoms in total. The predicted octanol–water partition coefficient (Wildman–Crippen LogP) is 2.96. The molecule has 0 bridgehead atoms. The third-order valence-corrected chi connectivity index (χ3v) is 6.19. The van der Waals surface area contributed by atoms with Gasteiger partial charge in [0.25, 0.3) is 10.0 Å². The molecule has 114 valence electrons. The Labute approximate surface area is 129 Å². The fourth-order valence-electron chi connectivity index (χ4n) is 1.97. The smallest absolute Gasteiger partial charge is 0.262 e. The summed E-state index contributed by atoms with van der Waals surface area (Å²) in [5, 5.41) is 5.05. The molecule has 21 heavy (non-hydrogen) atoms. The molecule has 2 aromatic heterocycles. The molecular weight excluding hydrogens is 306 g/mol. The Morgan fingerprint density at radius 2 is 2.14 bits per heavy atom. The average molecular weight is 325 g/mol. The van der Waals surface area contributed by atoms with Crippen molar-refractivity contribution in [2.24, 2.45) is 0 Å². The Morgan fingerprint density at radius 3 is 2.76 bits per heavy atom. The van der Waals surface area contributed by atoms with Crippen molar-refractivity contribution in [1.29, 1.82) is 0 Å². The third-order valence-electron chi connectivity index (χ3n) is 3.26. The summed E-state index contributed by atoms with van der Waals surface area (Å²) in [6, 6.07) is 7.07. The van der Waals surface area contributed by atoms with Crippen molar-refractivity contribution in [3.05, 3.63) is 40.7 Å². The van der Waals surface area contributed by atoms with Crippen molar-refractivity contribution in [1.82, 2.24) is 9.29 Å². The number of anilines is 1. The van der Waals surface area contributed by atoms with Crippen LogP contribution in [0.1, 0.15) is 24.8 Å². The third kappa shape index (κ3) is 3.25. The highest BCUT2D eigenvalue weighted by atomic mass is 32.2. The molecule has 0 saturated carbocycles. The van der Waals surface area contributed by atoms with Gasteiger partial charge in [-0.25, -0.2) is 13.4 Å². The topological polar surface area (TPSA) is 62.3 Å². The van der Waals surface area contributed by atoms with E-state index in [0.29, 0.717) is 12.2 Å². The molecule has 1 unspecified atom stereocenters. The Morgan fingerprint density at radius 1 is 1.38 bits per heavy atom. The van der Waals surface area contributed by atoms with Gasteiger partial charge in [-0.15, -0.1) is 11.3 Å². The van der Waals surface area contributed by atoms with Gasteiger partial charge in [0.1, 0.15) is 0 Å². The standard InChI is InChI=1S/C14H19N3O2S2/c1-4-15-12-7-5-9-16-14(12)21(18,19)17(3)11(2)13-8-6-10-20-13/h5-11,15H,4H2,1-3H3. The lowest BCUT2D eigenvalue weighted by Crippen LogP contribution is -2.30. The molecule has 0 aromatic carbocycles. The molecule has 0 aliphatic rings. The predicted molar refractivity (Wildman–Crippen MR) is 86.1 cm³/mol. The van der Waals surface area contributed by atoms with Gasteiger partial charge in [-0.05, 0) is 37.4 Å². The first kappa shape index (κ1) is 15.9. The first-order valence-electron chi connectivity index (χ1n) is 6.68. The maximum atomic E-state index is 12.8. The summed E-state index contributed by atoms with van der Waals surface area (Å²) in [7, 11) is -2.06. The summed E-state index contributed by atoms with van der Waals surface area (Å²) in [6.07, 6.45) is 1.50. The Balaban J connectivity index is 2.38. The van der Waals surface area contributed by atoms with Crippen molar-refractivity contribution in [2.75, 3.05) is 18.9 Å². The molecular formula is C14H19N3O2S2. The number of nitrogens with zero attached hydrogens (tertiary/aromatic N) is 2. The van der Waals surface area contributed by atoms with E-state index in [1.54, 1.807) is 30.5 Å². The zero-order chi connectivity index (χ0) is 15.5. The summed E-state index contributed by atoms with van der Waals surface area (Å²) in [4.78, 5) is 5.07. The lowest BCUT2D eigenvalue weighted by atomic mass is 10.3. The van der Waals surface area contributed by atoms with E-state index in [0.717, 1.165) is 4.88 Å². The van der Waals surface area contributed by atoms with Crippen LogP contribution in [0, 0.1) is 0 Å². The number of rotatable bonds is 6. The second-order valence-corrected chi connectivity index (χ2v) is 7.49. The van der Waals surface area contributed by atoms with Crippen molar-refractivity contribution in [2.45, 2.75) is 24.9 Å². The van der Waals surface area contributed by atoms with Crippen LogP contribution in [0.3, 0.4) is 0 Å². The lowest BCUT2D eigenvalue weighted by Gasteiger charge is -2.24. The summed E-state index contributed by atoms with van der Waals surface area (Å²) in [5.74, 6) is 0. The van der Waals surface area contributed by atoms with E-state index in [1.807, 2.05) is 31.4 Å². The van der Waals surface area contributed by atoms with Gasteiger partial charge in [0.15, 0.2) is 5.03 Å². The molecule has 1 atom stereocenters. The molecule has 7 heteroatoms. The highest BCUT2D eigenvalue weighted by Gasteiger charge is 2.30. The zero-order valence-corrected chi connectivity index (χ0v) is 13.9. The van der Waals surface area contributed by atoms with Gasteiger partial charge in [-0.1, -0.05) is 6.07 Å². The van der Waals surface area contributed by atoms with Gasteiger partial charge < -0.3 is 5.32 Å². The maximum Gasteiger partial charge on any atom is 0.262 e. The molecule has 1 N–H and O–H groups in total. The van der Waals surface area contributed by atoms with Crippen LogP contribution in [0.25, 0.3) is 0 Å². The Hall–Kier alpha value is -1.44. The highest BCUT2D eigenvalue weighted by molar-refractivity contribution is 7.89. The van der Waals surface area contributed by atoms with Crippen LogP contribution < -0.4 is 5.32 Å². The van der Waals surface area contributed by atoms with Crippen LogP contribution in [0.5, 0.6) is 0 Å². The Kier molecular flexibility index (Phi) is 4.97. The van der Waals surface area contributed by atoms with Crippen LogP contribution in [0.2, 0.25) is 0 Å². The summed E-state index contributed by atoms with van der Waals surface area (Å²) in [5.41, 5.74) is 0.533. The fourth-order valence-corrected chi connectivity index (χ4v) is 4.28. The SMILES string of the molecule is CCNc1cccnc1S(=O)(=O)N(C)C(C)c1cccs1. The fraction of sp³-hybridized carbons (Fsp3) is 0.357. The molecule has 0 fully saturated rings. The van der Waals surface area contributed by atoms with Crippen LogP contribution in [0.15, 0.2) is 40.9 Å². The molecule has 0 spiro atoms. The number of sulfonamides is 1. The van der Waals surface area contributed by atoms with Crippen molar-refractivity contribution in [3.63, 3.8) is 0 Å². The van der Waals surface area contributed by atoms with E-state index in [4.69, 9.17) is 0 Å². The molecule has 0 aliphatic carbocycles. The quantitative estimate of drug-likeness (QED) is 0.887. The molecule has 2 heterocycles.